The number of fused-ring (bicyclic) bond motifs is 1. The van der Waals surface area contributed by atoms with Gasteiger partial charge in [0.1, 0.15) is 11.7 Å². The van der Waals surface area contributed by atoms with Gasteiger partial charge in [0.25, 0.3) is 0 Å². The van der Waals surface area contributed by atoms with Gasteiger partial charge >= 0.3 is 0 Å². The number of hydrogen-bond donors (Lipinski definition) is 2. The molecular weight excluding hydrogens is 349 g/mol. The first-order chi connectivity index (χ1) is 11.5. The topological polar surface area (TPSA) is 68.2 Å². The first kappa shape index (κ1) is 17.1. The zero-order valence-corrected chi connectivity index (χ0v) is 15.0. The Hall–Kier alpha value is -1.70. The predicted molar refractivity (Wildman–Crippen MR) is 96.6 cm³/mol. The molecule has 3 N–H and O–H groups in total. The lowest BCUT2D eigenvalue weighted by molar-refractivity contribution is 0.304. The lowest BCUT2D eigenvalue weighted by Crippen LogP contribution is -2.31. The third-order valence-electron chi connectivity index (χ3n) is 4.01. The molecule has 0 saturated heterocycles. The minimum absolute atomic E-state index is 0.157. The summed E-state index contributed by atoms with van der Waals surface area (Å²) in [5, 5.41) is 9.73. The molecule has 3 rings (SSSR count). The van der Waals surface area contributed by atoms with Crippen LogP contribution in [0.4, 0.5) is 10.2 Å². The number of anilines is 1. The maximum absolute atomic E-state index is 13.4. The summed E-state index contributed by atoms with van der Waals surface area (Å²) in [4.78, 5) is 5.49. The lowest BCUT2D eigenvalue weighted by atomic mass is 10.0. The molecule has 0 aromatic carbocycles. The number of halogens is 2. The molecule has 128 valence electrons. The van der Waals surface area contributed by atoms with Gasteiger partial charge in [-0.1, -0.05) is 6.07 Å². The Morgan fingerprint density at radius 1 is 1.50 bits per heavy atom. The molecule has 0 aliphatic carbocycles. The van der Waals surface area contributed by atoms with Crippen LogP contribution in [0, 0.1) is 6.92 Å². The molecule has 5 nitrogen and oxygen atoms in total. The first-order valence-electron chi connectivity index (χ1n) is 7.66. The van der Waals surface area contributed by atoms with Gasteiger partial charge < -0.3 is 11.1 Å². The zero-order valence-electron chi connectivity index (χ0n) is 13.5. The molecule has 3 aromatic heterocycles. The largest absolute Gasteiger partial charge is 0.363 e. The van der Waals surface area contributed by atoms with E-state index in [0.29, 0.717) is 18.8 Å². The van der Waals surface area contributed by atoms with Crippen molar-refractivity contribution in [1.82, 2.24) is 14.6 Å². The molecule has 2 atom stereocenters. The van der Waals surface area contributed by atoms with Crippen LogP contribution in [0.25, 0.3) is 5.52 Å². The highest BCUT2D eigenvalue weighted by Crippen LogP contribution is 2.24. The van der Waals surface area contributed by atoms with E-state index in [2.05, 4.69) is 15.4 Å². The average molecular weight is 368 g/mol. The fraction of sp³-hybridized carbons (Fsp3) is 0.375. The Bertz CT molecular complexity index is 831. The van der Waals surface area contributed by atoms with E-state index in [-0.39, 0.29) is 5.28 Å². The van der Waals surface area contributed by atoms with Gasteiger partial charge in [0, 0.05) is 16.6 Å². The van der Waals surface area contributed by atoms with Crippen molar-refractivity contribution in [3.8, 4) is 0 Å². The van der Waals surface area contributed by atoms with Crippen molar-refractivity contribution in [2.24, 2.45) is 5.73 Å². The summed E-state index contributed by atoms with van der Waals surface area (Å²) in [6, 6.07) is 5.45. The van der Waals surface area contributed by atoms with E-state index in [1.165, 1.54) is 11.8 Å². The summed E-state index contributed by atoms with van der Waals surface area (Å²) in [6.07, 6.45) is -0.631. The summed E-state index contributed by atoms with van der Waals surface area (Å²) in [5.41, 5.74) is 8.52. The van der Waals surface area contributed by atoms with Gasteiger partial charge in [-0.15, -0.1) is 16.4 Å². The number of aryl methyl sites for hydroxylation is 1. The molecule has 0 bridgehead atoms. The summed E-state index contributed by atoms with van der Waals surface area (Å²) in [7, 11) is 0. The summed E-state index contributed by atoms with van der Waals surface area (Å²) >= 11 is 7.72. The van der Waals surface area contributed by atoms with E-state index in [4.69, 9.17) is 17.3 Å². The van der Waals surface area contributed by atoms with Crippen molar-refractivity contribution in [3.05, 3.63) is 45.0 Å². The van der Waals surface area contributed by atoms with Crippen LogP contribution in [0.1, 0.15) is 23.1 Å². The van der Waals surface area contributed by atoms with Gasteiger partial charge in [-0.3, -0.25) is 0 Å². The van der Waals surface area contributed by atoms with Crippen LogP contribution in [0.15, 0.2) is 23.6 Å². The van der Waals surface area contributed by atoms with Crippen molar-refractivity contribution < 1.29 is 4.39 Å². The molecule has 0 aliphatic rings. The van der Waals surface area contributed by atoms with E-state index in [1.807, 2.05) is 30.5 Å². The lowest BCUT2D eigenvalue weighted by Gasteiger charge is -2.11. The number of aromatic nitrogens is 3. The van der Waals surface area contributed by atoms with Crippen LogP contribution in [-0.2, 0) is 13.0 Å². The second-order valence-electron chi connectivity index (χ2n) is 5.76. The van der Waals surface area contributed by atoms with Crippen LogP contribution in [-0.4, -0.2) is 26.8 Å². The predicted octanol–water partition coefficient (Wildman–Crippen LogP) is 3.59. The van der Waals surface area contributed by atoms with Crippen LogP contribution < -0.4 is 11.1 Å². The Balaban J connectivity index is 1.94. The van der Waals surface area contributed by atoms with Crippen LogP contribution in [0.5, 0.6) is 0 Å². The number of nitrogens with one attached hydrogen (secondary N) is 1. The molecule has 0 unspecified atom stereocenters. The molecule has 3 aromatic rings. The number of nitrogens with two attached hydrogens (primary N) is 1. The molecule has 0 amide bonds. The molecule has 0 radical (unpaired) electrons. The molecule has 0 aliphatic heterocycles. The zero-order chi connectivity index (χ0) is 17.3. The number of rotatable bonds is 6. The highest BCUT2D eigenvalue weighted by molar-refractivity contribution is 7.09. The second-order valence-corrected chi connectivity index (χ2v) is 7.13. The highest BCUT2D eigenvalue weighted by atomic mass is 35.5. The number of hydrogen-bond acceptors (Lipinski definition) is 5. The van der Waals surface area contributed by atoms with Gasteiger partial charge in [0.15, 0.2) is 5.82 Å². The number of nitrogens with zero attached hydrogens (tertiary/aromatic N) is 3. The van der Waals surface area contributed by atoms with Gasteiger partial charge in [0.05, 0.1) is 6.54 Å². The quantitative estimate of drug-likeness (QED) is 0.698. The monoisotopic (exact) mass is 367 g/mol. The molecule has 0 fully saturated rings. The average Bonchev–Trinajstić information content (AvgIpc) is 3.15. The smallest absolute Gasteiger partial charge is 0.243 e. The van der Waals surface area contributed by atoms with Gasteiger partial charge in [0.2, 0.25) is 5.28 Å². The molecule has 8 heteroatoms. The maximum Gasteiger partial charge on any atom is 0.243 e. The molecular formula is C16H19ClFN5S. The van der Waals surface area contributed by atoms with Crippen LogP contribution in [0.3, 0.4) is 0 Å². The van der Waals surface area contributed by atoms with E-state index >= 15 is 0 Å². The van der Waals surface area contributed by atoms with Gasteiger partial charge in [-0.05, 0) is 54.9 Å². The Morgan fingerprint density at radius 2 is 2.29 bits per heavy atom. The molecule has 0 spiro atoms. The fourth-order valence-electron chi connectivity index (χ4n) is 2.54. The normalized spacial score (nSPS) is 14.0. The van der Waals surface area contributed by atoms with Crippen molar-refractivity contribution in [1.29, 1.82) is 0 Å². The van der Waals surface area contributed by atoms with Crippen molar-refractivity contribution >= 4 is 34.3 Å². The van der Waals surface area contributed by atoms with Crippen molar-refractivity contribution in [2.75, 3.05) is 5.32 Å². The van der Waals surface area contributed by atoms with E-state index in [0.717, 1.165) is 16.8 Å². The number of thiophene rings is 1. The van der Waals surface area contributed by atoms with Gasteiger partial charge in [-0.2, -0.15) is 4.98 Å². The SMILES string of the molecule is Cc1c(C[C@@H](N)[C@H](C)F)cc2c(NCc3cccs3)nc(Cl)nn12. The van der Waals surface area contributed by atoms with E-state index in [1.54, 1.807) is 15.9 Å². The van der Waals surface area contributed by atoms with Crippen molar-refractivity contribution in [3.63, 3.8) is 0 Å². The molecule has 0 saturated carbocycles. The van der Waals surface area contributed by atoms with Crippen LogP contribution >= 0.6 is 22.9 Å². The minimum atomic E-state index is -1.07. The summed E-state index contributed by atoms with van der Waals surface area (Å²) in [6.45, 7) is 4.05. The Labute approximate surface area is 148 Å². The Morgan fingerprint density at radius 3 is 2.96 bits per heavy atom. The number of alkyl halides is 1. The fourth-order valence-corrected chi connectivity index (χ4v) is 3.34. The Kier molecular flexibility index (Phi) is 5.03. The third-order valence-corrected chi connectivity index (χ3v) is 5.04. The standard InChI is InChI=1S/C16H19ClFN5S/c1-9(18)13(19)6-11-7-14-15(20-8-12-4-3-5-24-12)21-16(17)22-23(14)10(11)2/h3-5,7,9,13H,6,8,19H2,1-2H3,(H,20,21,22)/t9-,13+/m0/s1. The minimum Gasteiger partial charge on any atom is -0.363 e. The third kappa shape index (κ3) is 3.53. The van der Waals surface area contributed by atoms with Crippen molar-refractivity contribution in [2.45, 2.75) is 39.0 Å². The first-order valence-corrected chi connectivity index (χ1v) is 8.92. The van der Waals surface area contributed by atoms with Gasteiger partial charge in [-0.25, -0.2) is 8.91 Å². The summed E-state index contributed by atoms with van der Waals surface area (Å²) < 4.78 is 15.1. The summed E-state index contributed by atoms with van der Waals surface area (Å²) in [5.74, 6) is 0.652. The van der Waals surface area contributed by atoms with Crippen LogP contribution in [0.2, 0.25) is 5.28 Å². The highest BCUT2D eigenvalue weighted by Gasteiger charge is 2.18. The second kappa shape index (κ2) is 7.04. The van der Waals surface area contributed by atoms with E-state index < -0.39 is 12.2 Å². The molecule has 24 heavy (non-hydrogen) atoms. The molecule has 3 heterocycles. The van der Waals surface area contributed by atoms with E-state index in [9.17, 15) is 4.39 Å². The maximum atomic E-state index is 13.4.